The van der Waals surface area contributed by atoms with E-state index in [2.05, 4.69) is 5.32 Å². The molecule has 0 radical (unpaired) electrons. The van der Waals surface area contributed by atoms with Crippen molar-refractivity contribution >= 4 is 28.8 Å². The van der Waals surface area contributed by atoms with Crippen molar-refractivity contribution in [2.75, 3.05) is 11.5 Å². The normalized spacial score (nSPS) is 14.6. The van der Waals surface area contributed by atoms with Gasteiger partial charge < -0.3 is 10.1 Å². The average molecular weight is 463 g/mol. The Hall–Kier alpha value is -3.12. The molecular weight excluding hydrogens is 432 g/mol. The van der Waals surface area contributed by atoms with Gasteiger partial charge in [-0.1, -0.05) is 61.4 Å². The summed E-state index contributed by atoms with van der Waals surface area (Å²) in [7, 11) is 0. The molecule has 1 heterocycles. The van der Waals surface area contributed by atoms with E-state index < -0.39 is 6.04 Å². The van der Waals surface area contributed by atoms with Gasteiger partial charge in [0, 0.05) is 10.9 Å². The Balaban J connectivity index is 1.78. The standard InChI is InChI=1S/C27H30N2O3S/c1-2-32-24-17-9-8-16-23(24)29(25(30)19-22-15-10-18-33-22)26(20-11-4-3-5-12-20)27(31)28-21-13-6-7-14-21/h3-5,8-12,15-18,21,26H,2,6-7,13-14,19H2,1H3,(H,28,31)/t26-/m1/s1. The van der Waals surface area contributed by atoms with E-state index in [1.165, 1.54) is 0 Å². The van der Waals surface area contributed by atoms with Crippen LogP contribution in [0.1, 0.15) is 49.1 Å². The van der Waals surface area contributed by atoms with Crippen LogP contribution in [0, 0.1) is 0 Å². The van der Waals surface area contributed by atoms with Gasteiger partial charge in [0.15, 0.2) is 0 Å². The number of carbonyl (C=O) groups excluding carboxylic acids is 2. The smallest absolute Gasteiger partial charge is 0.248 e. The second-order valence-corrected chi connectivity index (χ2v) is 9.26. The molecule has 0 spiro atoms. The molecule has 1 aromatic heterocycles. The first-order valence-electron chi connectivity index (χ1n) is 11.6. The number of benzene rings is 2. The summed E-state index contributed by atoms with van der Waals surface area (Å²) in [5, 5.41) is 5.18. The number of nitrogens with one attached hydrogen (secondary N) is 1. The highest BCUT2D eigenvalue weighted by molar-refractivity contribution is 7.10. The van der Waals surface area contributed by atoms with Crippen LogP contribution >= 0.6 is 11.3 Å². The Morgan fingerprint density at radius 2 is 1.76 bits per heavy atom. The van der Waals surface area contributed by atoms with Gasteiger partial charge in [-0.3, -0.25) is 14.5 Å². The molecule has 0 bridgehead atoms. The number of anilines is 1. The largest absolute Gasteiger partial charge is 0.492 e. The topological polar surface area (TPSA) is 58.6 Å². The Bertz CT molecular complexity index is 1050. The number of rotatable bonds is 9. The summed E-state index contributed by atoms with van der Waals surface area (Å²) in [5.74, 6) is 0.299. The SMILES string of the molecule is CCOc1ccccc1N(C(=O)Cc1cccs1)[C@@H](C(=O)NC1CCCC1)c1ccccc1. The van der Waals surface area contributed by atoms with Crippen molar-refractivity contribution in [3.63, 3.8) is 0 Å². The van der Waals surface area contributed by atoms with Crippen LogP contribution in [0.5, 0.6) is 5.75 Å². The molecule has 33 heavy (non-hydrogen) atoms. The van der Waals surface area contributed by atoms with E-state index in [1.807, 2.05) is 79.0 Å². The molecule has 1 aliphatic rings. The van der Waals surface area contributed by atoms with Crippen molar-refractivity contribution in [3.05, 3.63) is 82.6 Å². The number of thiophene rings is 1. The predicted molar refractivity (Wildman–Crippen MR) is 133 cm³/mol. The summed E-state index contributed by atoms with van der Waals surface area (Å²) in [4.78, 5) is 30.2. The summed E-state index contributed by atoms with van der Waals surface area (Å²) >= 11 is 1.54. The summed E-state index contributed by atoms with van der Waals surface area (Å²) in [6, 6.07) is 20.3. The zero-order chi connectivity index (χ0) is 23.0. The molecular formula is C27H30N2O3S. The maximum absolute atomic E-state index is 13.8. The minimum absolute atomic E-state index is 0.139. The van der Waals surface area contributed by atoms with Gasteiger partial charge in [0.05, 0.1) is 18.7 Å². The Kier molecular flexibility index (Phi) is 7.79. The molecule has 2 amide bonds. The Morgan fingerprint density at radius 3 is 2.45 bits per heavy atom. The number of para-hydroxylation sites is 2. The van der Waals surface area contributed by atoms with Crippen molar-refractivity contribution in [2.45, 2.75) is 51.1 Å². The average Bonchev–Trinajstić information content (AvgIpc) is 3.53. The van der Waals surface area contributed by atoms with Gasteiger partial charge in [-0.25, -0.2) is 0 Å². The van der Waals surface area contributed by atoms with Gasteiger partial charge in [0.1, 0.15) is 11.8 Å². The van der Waals surface area contributed by atoms with Crippen LogP contribution in [0.3, 0.4) is 0 Å². The fourth-order valence-electron chi connectivity index (χ4n) is 4.40. The van der Waals surface area contributed by atoms with E-state index in [-0.39, 0.29) is 24.3 Å². The van der Waals surface area contributed by atoms with Gasteiger partial charge >= 0.3 is 0 Å². The molecule has 4 rings (SSSR count). The third-order valence-electron chi connectivity index (χ3n) is 5.92. The van der Waals surface area contributed by atoms with Crippen molar-refractivity contribution in [1.29, 1.82) is 0 Å². The second kappa shape index (κ2) is 11.1. The molecule has 6 heteroatoms. The number of ether oxygens (including phenoxy) is 1. The van der Waals surface area contributed by atoms with Crippen LogP contribution in [-0.4, -0.2) is 24.5 Å². The molecule has 0 saturated heterocycles. The maximum atomic E-state index is 13.8. The van der Waals surface area contributed by atoms with E-state index >= 15 is 0 Å². The lowest BCUT2D eigenvalue weighted by atomic mass is 10.0. The summed E-state index contributed by atoms with van der Waals surface area (Å²) in [5.41, 5.74) is 1.38. The van der Waals surface area contributed by atoms with E-state index in [0.717, 1.165) is 36.1 Å². The van der Waals surface area contributed by atoms with Crippen molar-refractivity contribution in [2.24, 2.45) is 0 Å². The van der Waals surface area contributed by atoms with Crippen LogP contribution in [-0.2, 0) is 16.0 Å². The second-order valence-electron chi connectivity index (χ2n) is 8.22. The van der Waals surface area contributed by atoms with E-state index in [4.69, 9.17) is 4.74 Å². The quantitative estimate of drug-likeness (QED) is 0.455. The Labute approximate surface area is 199 Å². The van der Waals surface area contributed by atoms with Crippen LogP contribution in [0.25, 0.3) is 0 Å². The minimum atomic E-state index is -0.791. The number of hydrogen-bond donors (Lipinski definition) is 1. The van der Waals surface area contributed by atoms with Crippen molar-refractivity contribution in [3.8, 4) is 5.75 Å². The van der Waals surface area contributed by atoms with Crippen LogP contribution in [0.2, 0.25) is 0 Å². The van der Waals surface area contributed by atoms with E-state index in [9.17, 15) is 9.59 Å². The molecule has 5 nitrogen and oxygen atoms in total. The fraction of sp³-hybridized carbons (Fsp3) is 0.333. The lowest BCUT2D eigenvalue weighted by Gasteiger charge is -2.33. The molecule has 1 fully saturated rings. The fourth-order valence-corrected chi connectivity index (χ4v) is 5.10. The molecule has 1 aliphatic carbocycles. The summed E-state index contributed by atoms with van der Waals surface area (Å²) in [6.07, 6.45) is 4.42. The zero-order valence-corrected chi connectivity index (χ0v) is 19.7. The van der Waals surface area contributed by atoms with Crippen LogP contribution in [0.15, 0.2) is 72.1 Å². The van der Waals surface area contributed by atoms with Crippen LogP contribution < -0.4 is 15.0 Å². The van der Waals surface area contributed by atoms with Gasteiger partial charge in [0.25, 0.3) is 0 Å². The highest BCUT2D eigenvalue weighted by Crippen LogP contribution is 2.36. The first-order chi connectivity index (χ1) is 16.2. The van der Waals surface area contributed by atoms with Gasteiger partial charge in [-0.05, 0) is 48.9 Å². The third-order valence-corrected chi connectivity index (χ3v) is 6.80. The monoisotopic (exact) mass is 462 g/mol. The minimum Gasteiger partial charge on any atom is -0.492 e. The molecule has 0 aliphatic heterocycles. The first-order valence-corrected chi connectivity index (χ1v) is 12.5. The lowest BCUT2D eigenvalue weighted by Crippen LogP contribution is -2.47. The zero-order valence-electron chi connectivity index (χ0n) is 18.9. The third kappa shape index (κ3) is 5.63. The molecule has 1 saturated carbocycles. The number of amides is 2. The van der Waals surface area contributed by atoms with Gasteiger partial charge in [0.2, 0.25) is 11.8 Å². The highest BCUT2D eigenvalue weighted by Gasteiger charge is 2.35. The molecule has 1 N–H and O–H groups in total. The molecule has 2 aromatic carbocycles. The summed E-state index contributed by atoms with van der Waals surface area (Å²) < 4.78 is 5.88. The lowest BCUT2D eigenvalue weighted by molar-refractivity contribution is -0.127. The summed E-state index contributed by atoms with van der Waals surface area (Å²) in [6.45, 7) is 2.38. The highest BCUT2D eigenvalue weighted by atomic mass is 32.1. The number of hydrogen-bond acceptors (Lipinski definition) is 4. The number of carbonyl (C=O) groups is 2. The first kappa shape index (κ1) is 23.1. The Morgan fingerprint density at radius 1 is 1.03 bits per heavy atom. The molecule has 3 aromatic rings. The van der Waals surface area contributed by atoms with E-state index in [0.29, 0.717) is 18.0 Å². The van der Waals surface area contributed by atoms with Crippen LogP contribution in [0.4, 0.5) is 5.69 Å². The predicted octanol–water partition coefficient (Wildman–Crippen LogP) is 5.52. The molecule has 172 valence electrons. The van der Waals surface area contributed by atoms with E-state index in [1.54, 1.807) is 16.2 Å². The van der Waals surface area contributed by atoms with Crippen molar-refractivity contribution < 1.29 is 14.3 Å². The molecule has 1 atom stereocenters. The maximum Gasteiger partial charge on any atom is 0.248 e. The van der Waals surface area contributed by atoms with Gasteiger partial charge in [-0.15, -0.1) is 11.3 Å². The molecule has 0 unspecified atom stereocenters. The van der Waals surface area contributed by atoms with Gasteiger partial charge in [-0.2, -0.15) is 0 Å². The number of nitrogens with zero attached hydrogens (tertiary/aromatic N) is 1. The van der Waals surface area contributed by atoms with Crippen molar-refractivity contribution in [1.82, 2.24) is 5.32 Å².